The molecule has 1 atom stereocenters. The maximum Gasteiger partial charge on any atom is 0.199 e. The van der Waals surface area contributed by atoms with Gasteiger partial charge in [0, 0.05) is 6.54 Å². The van der Waals surface area contributed by atoms with Crippen LogP contribution in [0.4, 0.5) is 0 Å². The summed E-state index contributed by atoms with van der Waals surface area (Å²) in [6.45, 7) is 0.906. The van der Waals surface area contributed by atoms with Crippen molar-refractivity contribution in [2.24, 2.45) is 5.73 Å². The van der Waals surface area contributed by atoms with Crippen LogP contribution in [0.1, 0.15) is 24.7 Å². The fourth-order valence-electron chi connectivity index (χ4n) is 2.03. The van der Waals surface area contributed by atoms with Gasteiger partial charge in [-0.05, 0) is 40.9 Å². The van der Waals surface area contributed by atoms with E-state index in [2.05, 4.69) is 26.1 Å². The zero-order valence-corrected chi connectivity index (χ0v) is 10.1. The molecule has 84 valence electrons. The van der Waals surface area contributed by atoms with Crippen LogP contribution in [0.2, 0.25) is 0 Å². The van der Waals surface area contributed by atoms with Gasteiger partial charge in [0.25, 0.3) is 0 Å². The third-order valence-electron chi connectivity index (χ3n) is 2.80. The minimum absolute atomic E-state index is 0.00611. The quantitative estimate of drug-likeness (QED) is 0.870. The molecule has 0 saturated heterocycles. The van der Waals surface area contributed by atoms with E-state index in [1.807, 2.05) is 16.7 Å². The summed E-state index contributed by atoms with van der Waals surface area (Å²) in [6, 6.07) is 3.72. The van der Waals surface area contributed by atoms with Crippen molar-refractivity contribution in [2.75, 3.05) is 0 Å². The van der Waals surface area contributed by atoms with E-state index in [0.717, 1.165) is 36.8 Å². The Morgan fingerprint density at radius 3 is 3.06 bits per heavy atom. The summed E-state index contributed by atoms with van der Waals surface area (Å²) in [5.41, 5.74) is 5.98. The van der Waals surface area contributed by atoms with Crippen molar-refractivity contribution in [3.8, 4) is 11.6 Å². The standard InChI is InChI=1S/C10H11BrN4O/c11-8-4-3-7(16-8)10-14-13-9-6(12)2-1-5-15(9)10/h3-4,6H,1-2,5,12H2. The highest BCUT2D eigenvalue weighted by atomic mass is 79.9. The molecule has 5 nitrogen and oxygen atoms in total. The molecule has 2 aromatic heterocycles. The molecule has 16 heavy (non-hydrogen) atoms. The van der Waals surface area contributed by atoms with Gasteiger partial charge in [-0.1, -0.05) is 0 Å². The van der Waals surface area contributed by atoms with E-state index in [1.54, 1.807) is 0 Å². The fraction of sp³-hybridized carbons (Fsp3) is 0.400. The number of furan rings is 1. The Balaban J connectivity index is 2.09. The van der Waals surface area contributed by atoms with Crippen molar-refractivity contribution < 1.29 is 4.42 Å². The fourth-order valence-corrected chi connectivity index (χ4v) is 2.33. The second-order valence-electron chi connectivity index (χ2n) is 3.89. The zero-order chi connectivity index (χ0) is 11.1. The van der Waals surface area contributed by atoms with Crippen molar-refractivity contribution in [2.45, 2.75) is 25.4 Å². The Kier molecular flexibility index (Phi) is 2.33. The summed E-state index contributed by atoms with van der Waals surface area (Å²) in [5.74, 6) is 2.34. The topological polar surface area (TPSA) is 69.9 Å². The lowest BCUT2D eigenvalue weighted by Gasteiger charge is -2.19. The van der Waals surface area contributed by atoms with Crippen LogP contribution in [0, 0.1) is 0 Å². The van der Waals surface area contributed by atoms with Crippen LogP contribution in [0.15, 0.2) is 21.2 Å². The summed E-state index contributed by atoms with van der Waals surface area (Å²) in [5, 5.41) is 8.29. The lowest BCUT2D eigenvalue weighted by Crippen LogP contribution is -2.22. The van der Waals surface area contributed by atoms with E-state index in [1.165, 1.54) is 0 Å². The lowest BCUT2D eigenvalue weighted by atomic mass is 10.1. The van der Waals surface area contributed by atoms with Gasteiger partial charge in [-0.3, -0.25) is 0 Å². The zero-order valence-electron chi connectivity index (χ0n) is 8.56. The van der Waals surface area contributed by atoms with E-state index in [0.29, 0.717) is 4.67 Å². The SMILES string of the molecule is NC1CCCn2c(-c3ccc(Br)o3)nnc21. The van der Waals surface area contributed by atoms with Crippen LogP contribution in [0.5, 0.6) is 0 Å². The molecule has 2 aromatic rings. The maximum atomic E-state index is 5.98. The molecule has 0 spiro atoms. The monoisotopic (exact) mass is 282 g/mol. The van der Waals surface area contributed by atoms with Gasteiger partial charge in [0.1, 0.15) is 5.82 Å². The first-order valence-corrected chi connectivity index (χ1v) is 5.99. The largest absolute Gasteiger partial charge is 0.446 e. The number of rotatable bonds is 1. The predicted molar refractivity (Wildman–Crippen MR) is 61.6 cm³/mol. The van der Waals surface area contributed by atoms with Gasteiger partial charge in [0.15, 0.2) is 16.3 Å². The molecule has 0 amide bonds. The second-order valence-corrected chi connectivity index (χ2v) is 4.67. The molecule has 3 heterocycles. The lowest BCUT2D eigenvalue weighted by molar-refractivity contribution is 0.449. The summed E-state index contributed by atoms with van der Waals surface area (Å²) in [4.78, 5) is 0. The molecule has 2 N–H and O–H groups in total. The molecule has 1 aliphatic rings. The number of aromatic nitrogens is 3. The van der Waals surface area contributed by atoms with Gasteiger partial charge in [-0.2, -0.15) is 0 Å². The van der Waals surface area contributed by atoms with E-state index < -0.39 is 0 Å². The second kappa shape index (κ2) is 3.71. The Labute approximate surface area is 101 Å². The third-order valence-corrected chi connectivity index (χ3v) is 3.23. The first kappa shape index (κ1) is 10.0. The Hall–Kier alpha value is -1.14. The number of nitrogens with two attached hydrogens (primary N) is 1. The molecule has 1 unspecified atom stereocenters. The number of hydrogen-bond acceptors (Lipinski definition) is 4. The van der Waals surface area contributed by atoms with Crippen LogP contribution in [0.3, 0.4) is 0 Å². The van der Waals surface area contributed by atoms with Gasteiger partial charge in [-0.15, -0.1) is 10.2 Å². The van der Waals surface area contributed by atoms with Crippen molar-refractivity contribution in [1.82, 2.24) is 14.8 Å². The van der Waals surface area contributed by atoms with Crippen LogP contribution < -0.4 is 5.73 Å². The van der Waals surface area contributed by atoms with Crippen molar-refractivity contribution in [1.29, 1.82) is 0 Å². The minimum atomic E-state index is -0.00611. The molecule has 0 bridgehead atoms. The molecule has 6 heteroatoms. The number of fused-ring (bicyclic) bond motifs is 1. The first-order chi connectivity index (χ1) is 7.75. The molecule has 0 aromatic carbocycles. The van der Waals surface area contributed by atoms with Crippen molar-refractivity contribution in [3.63, 3.8) is 0 Å². The normalized spacial score (nSPS) is 19.8. The van der Waals surface area contributed by atoms with E-state index >= 15 is 0 Å². The Morgan fingerprint density at radius 2 is 2.31 bits per heavy atom. The van der Waals surface area contributed by atoms with Crippen LogP contribution in [-0.2, 0) is 6.54 Å². The molecule has 1 aliphatic heterocycles. The first-order valence-electron chi connectivity index (χ1n) is 5.20. The van der Waals surface area contributed by atoms with E-state index in [-0.39, 0.29) is 6.04 Å². The molecule has 0 aliphatic carbocycles. The minimum Gasteiger partial charge on any atom is -0.446 e. The Morgan fingerprint density at radius 1 is 1.44 bits per heavy atom. The predicted octanol–water partition coefficient (Wildman–Crippen LogP) is 2.09. The third kappa shape index (κ3) is 1.49. The molecular formula is C10H11BrN4O. The number of hydrogen-bond donors (Lipinski definition) is 1. The van der Waals surface area contributed by atoms with Crippen LogP contribution >= 0.6 is 15.9 Å². The molecule has 3 rings (SSSR count). The van der Waals surface area contributed by atoms with Gasteiger partial charge < -0.3 is 14.7 Å². The number of nitrogens with zero attached hydrogens (tertiary/aromatic N) is 3. The summed E-state index contributed by atoms with van der Waals surface area (Å²) < 4.78 is 8.22. The summed E-state index contributed by atoms with van der Waals surface area (Å²) >= 11 is 3.28. The van der Waals surface area contributed by atoms with Crippen molar-refractivity contribution in [3.05, 3.63) is 22.6 Å². The molecule has 0 saturated carbocycles. The van der Waals surface area contributed by atoms with Gasteiger partial charge in [0.2, 0.25) is 0 Å². The van der Waals surface area contributed by atoms with Crippen LogP contribution in [0.25, 0.3) is 11.6 Å². The highest BCUT2D eigenvalue weighted by molar-refractivity contribution is 9.10. The van der Waals surface area contributed by atoms with Crippen molar-refractivity contribution >= 4 is 15.9 Å². The average Bonchev–Trinajstić information content (AvgIpc) is 2.84. The molecule has 0 radical (unpaired) electrons. The van der Waals surface area contributed by atoms with E-state index in [4.69, 9.17) is 10.2 Å². The van der Waals surface area contributed by atoms with Gasteiger partial charge in [0.05, 0.1) is 6.04 Å². The summed E-state index contributed by atoms with van der Waals surface area (Å²) in [7, 11) is 0. The molecule has 0 fully saturated rings. The van der Waals surface area contributed by atoms with Gasteiger partial charge in [-0.25, -0.2) is 0 Å². The smallest absolute Gasteiger partial charge is 0.199 e. The average molecular weight is 283 g/mol. The number of halogens is 1. The maximum absolute atomic E-state index is 5.98. The van der Waals surface area contributed by atoms with Crippen LogP contribution in [-0.4, -0.2) is 14.8 Å². The molecular weight excluding hydrogens is 272 g/mol. The Bertz CT molecular complexity index is 519. The highest BCUT2D eigenvalue weighted by Gasteiger charge is 2.24. The summed E-state index contributed by atoms with van der Waals surface area (Å²) in [6.07, 6.45) is 2.03. The van der Waals surface area contributed by atoms with E-state index in [9.17, 15) is 0 Å². The highest BCUT2D eigenvalue weighted by Crippen LogP contribution is 2.29. The van der Waals surface area contributed by atoms with Gasteiger partial charge >= 0.3 is 0 Å².